The molecule has 308 valence electrons. The number of hydrogen-bond donors (Lipinski definition) is 0. The maximum Gasteiger partial charge on any atom is 0.310 e. The van der Waals surface area contributed by atoms with E-state index >= 15 is 0 Å². The molecule has 0 amide bonds. The van der Waals surface area contributed by atoms with E-state index in [2.05, 4.69) is 0 Å². The Bertz CT molecular complexity index is 1690. The zero-order valence-electron chi connectivity index (χ0n) is 33.5. The van der Waals surface area contributed by atoms with Gasteiger partial charge in [0.25, 0.3) is 0 Å². The maximum absolute atomic E-state index is 14.0. The standard InChI is InChI=1S/C48H56O10/c1-33-41(51-29-35-15-7-3-8-16-35)23-39-25-47(53-31-37-19-11-5-12-20-37)58-46(50)28-44-34(2)42(52-30-36-17-9-4-10-18-36)24-40(56-44)26-48(57-45(49)27-43(33)55-39)54-32-38-21-13-6-14-22-38/h3-22,33-34,39-44,47-48H,23-32H2,1-2H3/t33-,34-,39+,40+,41+,42+,43+,44+,47+,48+/m1/s1. The fourth-order valence-electron chi connectivity index (χ4n) is 8.02. The summed E-state index contributed by atoms with van der Waals surface area (Å²) in [6, 6.07) is 39.5. The Morgan fingerprint density at radius 2 is 0.759 bits per heavy atom. The van der Waals surface area contributed by atoms with Crippen LogP contribution in [0.3, 0.4) is 0 Å². The first-order chi connectivity index (χ1) is 28.3. The van der Waals surface area contributed by atoms with Gasteiger partial charge in [0, 0.05) is 37.5 Å². The zero-order valence-corrected chi connectivity index (χ0v) is 33.5. The molecular formula is C48H56O10. The average Bonchev–Trinajstić information content (AvgIpc) is 3.24. The number of ether oxygens (including phenoxy) is 8. The number of cyclic esters (lactones) is 2. The van der Waals surface area contributed by atoms with Gasteiger partial charge in [0.2, 0.25) is 12.6 Å². The lowest BCUT2D eigenvalue weighted by Gasteiger charge is -2.42. The normalized spacial score (nSPS) is 29.6. The van der Waals surface area contributed by atoms with E-state index in [1.807, 2.05) is 135 Å². The van der Waals surface area contributed by atoms with Crippen molar-refractivity contribution in [2.75, 3.05) is 0 Å². The van der Waals surface area contributed by atoms with E-state index in [9.17, 15) is 9.59 Å². The Balaban J connectivity index is 1.14. The van der Waals surface area contributed by atoms with Crippen LogP contribution in [0.15, 0.2) is 121 Å². The molecule has 4 aromatic carbocycles. The first-order valence-electron chi connectivity index (χ1n) is 20.7. The van der Waals surface area contributed by atoms with E-state index in [1.165, 1.54) is 0 Å². The number of benzene rings is 4. The molecule has 7 rings (SSSR count). The zero-order chi connectivity index (χ0) is 40.1. The molecule has 0 N–H and O–H groups in total. The Hall–Kier alpha value is -4.42. The van der Waals surface area contributed by atoms with Crippen molar-refractivity contribution in [2.45, 2.75) is 128 Å². The van der Waals surface area contributed by atoms with Crippen molar-refractivity contribution < 1.29 is 47.5 Å². The second-order valence-corrected chi connectivity index (χ2v) is 15.8. The molecule has 0 aliphatic carbocycles. The van der Waals surface area contributed by atoms with Crippen LogP contribution >= 0.6 is 0 Å². The van der Waals surface area contributed by atoms with E-state index < -0.39 is 48.9 Å². The molecule has 3 heterocycles. The Kier molecular flexibility index (Phi) is 15.1. The van der Waals surface area contributed by atoms with Gasteiger partial charge in [-0.15, -0.1) is 0 Å². The third kappa shape index (κ3) is 12.3. The molecule has 0 aromatic heterocycles. The number of carbonyl (C=O) groups is 2. The Morgan fingerprint density at radius 1 is 0.448 bits per heavy atom. The summed E-state index contributed by atoms with van der Waals surface area (Å²) in [5.74, 6) is -1.17. The van der Waals surface area contributed by atoms with Crippen molar-refractivity contribution in [3.8, 4) is 0 Å². The molecule has 4 bridgehead atoms. The quantitative estimate of drug-likeness (QED) is 0.130. The molecule has 4 aromatic rings. The van der Waals surface area contributed by atoms with Gasteiger partial charge in [-0.25, -0.2) is 0 Å². The highest BCUT2D eigenvalue weighted by Gasteiger charge is 2.43. The van der Waals surface area contributed by atoms with Crippen LogP contribution in [0.1, 0.15) is 74.6 Å². The number of carbonyl (C=O) groups excluding carboxylic acids is 2. The summed E-state index contributed by atoms with van der Waals surface area (Å²) in [7, 11) is 0. The van der Waals surface area contributed by atoms with Crippen LogP contribution in [0.2, 0.25) is 0 Å². The van der Waals surface area contributed by atoms with Crippen molar-refractivity contribution >= 4 is 11.9 Å². The summed E-state index contributed by atoms with van der Waals surface area (Å²) in [4.78, 5) is 27.9. The van der Waals surface area contributed by atoms with Gasteiger partial charge in [-0.3, -0.25) is 9.59 Å². The molecule has 0 unspecified atom stereocenters. The Morgan fingerprint density at radius 3 is 1.09 bits per heavy atom. The van der Waals surface area contributed by atoms with Crippen molar-refractivity contribution in [3.63, 3.8) is 0 Å². The number of rotatable bonds is 12. The lowest BCUT2D eigenvalue weighted by Crippen LogP contribution is -2.48. The third-order valence-electron chi connectivity index (χ3n) is 11.4. The van der Waals surface area contributed by atoms with Crippen LogP contribution in [0.5, 0.6) is 0 Å². The summed E-state index contributed by atoms with van der Waals surface area (Å²) < 4.78 is 51.4. The summed E-state index contributed by atoms with van der Waals surface area (Å²) in [6.45, 7) is 5.39. The molecule has 3 saturated heterocycles. The van der Waals surface area contributed by atoms with Gasteiger partial charge in [0.1, 0.15) is 0 Å². The molecular weight excluding hydrogens is 737 g/mol. The van der Waals surface area contributed by atoms with Gasteiger partial charge < -0.3 is 37.9 Å². The molecule has 3 fully saturated rings. The van der Waals surface area contributed by atoms with Gasteiger partial charge >= 0.3 is 11.9 Å². The maximum atomic E-state index is 14.0. The summed E-state index contributed by atoms with van der Waals surface area (Å²) in [5, 5.41) is 0. The smallest absolute Gasteiger partial charge is 0.310 e. The predicted molar refractivity (Wildman–Crippen MR) is 216 cm³/mol. The first kappa shape index (κ1) is 41.7. The molecule has 0 radical (unpaired) electrons. The van der Waals surface area contributed by atoms with Crippen LogP contribution < -0.4 is 0 Å². The molecule has 0 spiro atoms. The SMILES string of the molecule is C[C@@H]1[C@@H](OCc2ccccc2)C[C@H]2C[C@@H](OCc3ccccc3)OC(=O)C[C@@H]3O[C@H](C[C@@H](OCc4ccccc4)OC(=O)C[C@@H]1O2)C[C@H](OCc1ccccc1)[C@H]3C. The average molecular weight is 793 g/mol. The second kappa shape index (κ2) is 21.0. The molecule has 10 heteroatoms. The van der Waals surface area contributed by atoms with Crippen LogP contribution in [0.4, 0.5) is 0 Å². The molecule has 10 atom stereocenters. The number of fused-ring (bicyclic) bond motifs is 4. The Labute approximate surface area is 342 Å². The topological polar surface area (TPSA) is 108 Å². The van der Waals surface area contributed by atoms with E-state index in [1.54, 1.807) is 0 Å². The van der Waals surface area contributed by atoms with E-state index in [-0.39, 0.29) is 62.9 Å². The van der Waals surface area contributed by atoms with Crippen molar-refractivity contribution in [1.29, 1.82) is 0 Å². The second-order valence-electron chi connectivity index (χ2n) is 15.8. The van der Waals surface area contributed by atoms with Gasteiger partial charge in [0.15, 0.2) is 0 Å². The minimum Gasteiger partial charge on any atom is -0.436 e. The highest BCUT2D eigenvalue weighted by atomic mass is 16.7. The predicted octanol–water partition coefficient (Wildman–Crippen LogP) is 8.49. The highest BCUT2D eigenvalue weighted by Crippen LogP contribution is 2.36. The van der Waals surface area contributed by atoms with Crippen LogP contribution in [-0.2, 0) is 73.9 Å². The number of hydrogen-bond acceptors (Lipinski definition) is 10. The lowest BCUT2D eigenvalue weighted by atomic mass is 9.87. The monoisotopic (exact) mass is 792 g/mol. The highest BCUT2D eigenvalue weighted by molar-refractivity contribution is 5.70. The van der Waals surface area contributed by atoms with E-state index in [0.29, 0.717) is 26.1 Å². The molecule has 10 nitrogen and oxygen atoms in total. The fourth-order valence-corrected chi connectivity index (χ4v) is 8.02. The van der Waals surface area contributed by atoms with Crippen molar-refractivity contribution in [3.05, 3.63) is 144 Å². The van der Waals surface area contributed by atoms with Crippen LogP contribution in [0.25, 0.3) is 0 Å². The molecule has 3 aliphatic heterocycles. The van der Waals surface area contributed by atoms with Gasteiger partial charge in [-0.2, -0.15) is 0 Å². The first-order valence-corrected chi connectivity index (χ1v) is 20.7. The van der Waals surface area contributed by atoms with Crippen molar-refractivity contribution in [1.82, 2.24) is 0 Å². The largest absolute Gasteiger partial charge is 0.436 e. The fraction of sp³-hybridized carbons (Fsp3) is 0.458. The molecule has 58 heavy (non-hydrogen) atoms. The van der Waals surface area contributed by atoms with Gasteiger partial charge in [0.05, 0.1) is 75.9 Å². The van der Waals surface area contributed by atoms with Gasteiger partial charge in [-0.05, 0) is 22.3 Å². The van der Waals surface area contributed by atoms with Crippen LogP contribution in [0, 0.1) is 11.8 Å². The van der Waals surface area contributed by atoms with E-state index in [4.69, 9.17) is 37.9 Å². The minimum absolute atomic E-state index is 0.0165. The summed E-state index contributed by atoms with van der Waals surface area (Å²) >= 11 is 0. The van der Waals surface area contributed by atoms with Crippen LogP contribution in [-0.4, -0.2) is 61.1 Å². The summed E-state index contributed by atoms with van der Waals surface area (Å²) in [5.41, 5.74) is 4.00. The molecule has 0 saturated carbocycles. The third-order valence-corrected chi connectivity index (χ3v) is 11.4. The van der Waals surface area contributed by atoms with Gasteiger partial charge in [-0.1, -0.05) is 135 Å². The minimum atomic E-state index is -0.919. The van der Waals surface area contributed by atoms with Crippen molar-refractivity contribution in [2.24, 2.45) is 11.8 Å². The lowest BCUT2D eigenvalue weighted by molar-refractivity contribution is -0.224. The van der Waals surface area contributed by atoms with E-state index in [0.717, 1.165) is 22.3 Å². The molecule has 3 aliphatic rings. The number of esters is 2. The summed E-state index contributed by atoms with van der Waals surface area (Å²) in [6.07, 6.45) is -2.76.